The highest BCUT2D eigenvalue weighted by atomic mass is 16.5. The summed E-state index contributed by atoms with van der Waals surface area (Å²) >= 11 is 0. The van der Waals surface area contributed by atoms with Gasteiger partial charge in [-0.3, -0.25) is 4.79 Å². The van der Waals surface area contributed by atoms with E-state index >= 15 is 0 Å². The molecule has 0 N–H and O–H groups in total. The predicted molar refractivity (Wildman–Crippen MR) is 110 cm³/mol. The Kier molecular flexibility index (Phi) is 5.75. The average Bonchev–Trinajstić information content (AvgIpc) is 2.63. The van der Waals surface area contributed by atoms with E-state index in [1.54, 1.807) is 18.3 Å². The Morgan fingerprint density at radius 2 is 1.96 bits per heavy atom. The van der Waals surface area contributed by atoms with Crippen molar-refractivity contribution in [3.05, 3.63) is 58.9 Å². The van der Waals surface area contributed by atoms with Crippen molar-refractivity contribution in [1.82, 2.24) is 9.88 Å². The largest absolute Gasteiger partial charge is 0.487 e. The molecule has 150 valence electrons. The van der Waals surface area contributed by atoms with Crippen LogP contribution < -0.4 is 4.74 Å². The zero-order chi connectivity index (χ0) is 20.5. The molecule has 3 rings (SSSR count). The highest BCUT2D eigenvalue weighted by Gasteiger charge is 2.32. The minimum atomic E-state index is -0.301. The number of carbonyl (C=O) groups excluding carboxylic acids is 1. The number of rotatable bonds is 3. The van der Waals surface area contributed by atoms with Gasteiger partial charge in [0, 0.05) is 0 Å². The Labute approximate surface area is 167 Å². The third-order valence-corrected chi connectivity index (χ3v) is 4.86. The summed E-state index contributed by atoms with van der Waals surface area (Å²) in [4.78, 5) is 19.3. The maximum Gasteiger partial charge on any atom is 0.272 e. The van der Waals surface area contributed by atoms with E-state index in [0.29, 0.717) is 24.6 Å². The van der Waals surface area contributed by atoms with Crippen molar-refractivity contribution in [3.63, 3.8) is 0 Å². The number of morpholine rings is 1. The van der Waals surface area contributed by atoms with Gasteiger partial charge < -0.3 is 14.4 Å². The number of aromatic nitrogens is 1. The van der Waals surface area contributed by atoms with E-state index in [1.807, 2.05) is 32.6 Å². The fourth-order valence-electron chi connectivity index (χ4n) is 3.40. The van der Waals surface area contributed by atoms with E-state index in [-0.39, 0.29) is 23.7 Å². The molecule has 0 saturated carbocycles. The number of benzene rings is 1. The number of ether oxygens (including phenoxy) is 2. The van der Waals surface area contributed by atoms with Gasteiger partial charge in [0.05, 0.1) is 25.4 Å². The molecule has 1 amide bonds. The van der Waals surface area contributed by atoms with E-state index in [4.69, 9.17) is 9.47 Å². The van der Waals surface area contributed by atoms with Gasteiger partial charge in [-0.05, 0) is 64.8 Å². The zero-order valence-electron chi connectivity index (χ0n) is 17.7. The smallest absolute Gasteiger partial charge is 0.272 e. The summed E-state index contributed by atoms with van der Waals surface area (Å²) in [6.07, 6.45) is 1.50. The Morgan fingerprint density at radius 3 is 2.61 bits per heavy atom. The van der Waals surface area contributed by atoms with Crippen LogP contribution in [-0.2, 0) is 4.74 Å². The molecule has 1 aliphatic heterocycles. The minimum absolute atomic E-state index is 0.00108. The molecule has 0 bridgehead atoms. The van der Waals surface area contributed by atoms with Crippen LogP contribution in [0.4, 0.5) is 0 Å². The molecule has 2 heterocycles. The van der Waals surface area contributed by atoms with Gasteiger partial charge in [-0.2, -0.15) is 0 Å². The van der Waals surface area contributed by atoms with Gasteiger partial charge in [0.25, 0.3) is 5.91 Å². The molecular weight excluding hydrogens is 352 g/mol. The molecule has 5 heteroatoms. The SMILES string of the molecule is Cc1ccc(C)c([C@@H]2CN(C(=O)c3ccc(OC(C)(C)C)cn3)[C@H](C)CO2)c1. The van der Waals surface area contributed by atoms with Gasteiger partial charge in [-0.1, -0.05) is 23.8 Å². The highest BCUT2D eigenvalue weighted by Crippen LogP contribution is 2.29. The summed E-state index contributed by atoms with van der Waals surface area (Å²) in [5.74, 6) is 0.584. The summed E-state index contributed by atoms with van der Waals surface area (Å²) < 4.78 is 11.9. The van der Waals surface area contributed by atoms with Gasteiger partial charge >= 0.3 is 0 Å². The number of aryl methyl sites for hydroxylation is 2. The molecular formula is C23H30N2O3. The Balaban J connectivity index is 1.77. The van der Waals surface area contributed by atoms with Crippen molar-refractivity contribution >= 4 is 5.91 Å². The second-order valence-electron chi connectivity index (χ2n) is 8.58. The molecule has 1 aliphatic rings. The molecule has 5 nitrogen and oxygen atoms in total. The van der Waals surface area contributed by atoms with E-state index in [2.05, 4.69) is 37.0 Å². The van der Waals surface area contributed by atoms with Crippen LogP contribution in [0.3, 0.4) is 0 Å². The predicted octanol–water partition coefficient (Wildman–Crippen LogP) is 4.48. The Hall–Kier alpha value is -2.40. The average molecular weight is 383 g/mol. The first-order chi connectivity index (χ1) is 13.1. The topological polar surface area (TPSA) is 51.7 Å². The lowest BCUT2D eigenvalue weighted by Crippen LogP contribution is -2.48. The van der Waals surface area contributed by atoms with E-state index in [1.165, 1.54) is 11.1 Å². The lowest BCUT2D eigenvalue weighted by atomic mass is 9.98. The lowest BCUT2D eigenvalue weighted by Gasteiger charge is -2.38. The standard InChI is InChI=1S/C23H30N2O3/c1-15-7-8-16(2)19(11-15)21-13-25(17(3)14-27-21)22(26)20-10-9-18(12-24-20)28-23(4,5)6/h7-12,17,21H,13-14H2,1-6H3/t17-,21+/m1/s1. The van der Waals surface area contributed by atoms with Crippen molar-refractivity contribution in [2.24, 2.45) is 0 Å². The van der Waals surface area contributed by atoms with Gasteiger partial charge in [0.2, 0.25) is 0 Å². The van der Waals surface area contributed by atoms with Crippen LogP contribution in [0, 0.1) is 13.8 Å². The first kappa shape index (κ1) is 20.3. The van der Waals surface area contributed by atoms with E-state index in [9.17, 15) is 4.79 Å². The maximum absolute atomic E-state index is 13.1. The number of pyridine rings is 1. The van der Waals surface area contributed by atoms with Crippen LogP contribution in [0.25, 0.3) is 0 Å². The van der Waals surface area contributed by atoms with Crippen molar-refractivity contribution in [1.29, 1.82) is 0 Å². The highest BCUT2D eigenvalue weighted by molar-refractivity contribution is 5.92. The fourth-order valence-corrected chi connectivity index (χ4v) is 3.40. The van der Waals surface area contributed by atoms with Crippen LogP contribution in [0.2, 0.25) is 0 Å². The fraction of sp³-hybridized carbons (Fsp3) is 0.478. The first-order valence-electron chi connectivity index (χ1n) is 9.79. The number of carbonyl (C=O) groups is 1. The first-order valence-corrected chi connectivity index (χ1v) is 9.79. The van der Waals surface area contributed by atoms with Gasteiger partial charge in [-0.15, -0.1) is 0 Å². The molecule has 0 radical (unpaired) electrons. The van der Waals surface area contributed by atoms with Crippen molar-refractivity contribution in [3.8, 4) is 5.75 Å². The number of hydrogen-bond acceptors (Lipinski definition) is 4. The van der Waals surface area contributed by atoms with Crippen molar-refractivity contribution in [2.45, 2.75) is 59.3 Å². The summed E-state index contributed by atoms with van der Waals surface area (Å²) in [5.41, 5.74) is 3.64. The molecule has 0 spiro atoms. The molecule has 2 atom stereocenters. The van der Waals surface area contributed by atoms with Crippen LogP contribution in [0.1, 0.15) is 61.0 Å². The summed E-state index contributed by atoms with van der Waals surface area (Å²) in [5, 5.41) is 0. The van der Waals surface area contributed by atoms with Crippen LogP contribution in [0.15, 0.2) is 36.5 Å². The number of nitrogens with zero attached hydrogens (tertiary/aromatic N) is 2. The normalized spacial score (nSPS) is 20.1. The number of hydrogen-bond donors (Lipinski definition) is 0. The Morgan fingerprint density at radius 1 is 1.21 bits per heavy atom. The van der Waals surface area contributed by atoms with Crippen molar-refractivity contribution in [2.75, 3.05) is 13.2 Å². The molecule has 1 saturated heterocycles. The lowest BCUT2D eigenvalue weighted by molar-refractivity contribution is -0.0491. The Bertz CT molecular complexity index is 840. The minimum Gasteiger partial charge on any atom is -0.487 e. The zero-order valence-corrected chi connectivity index (χ0v) is 17.7. The quantitative estimate of drug-likeness (QED) is 0.785. The van der Waals surface area contributed by atoms with Crippen LogP contribution in [0.5, 0.6) is 5.75 Å². The van der Waals surface area contributed by atoms with E-state index < -0.39 is 0 Å². The van der Waals surface area contributed by atoms with E-state index in [0.717, 1.165) is 5.56 Å². The molecule has 1 aromatic heterocycles. The van der Waals surface area contributed by atoms with Crippen LogP contribution >= 0.6 is 0 Å². The van der Waals surface area contributed by atoms with Gasteiger partial charge in [-0.25, -0.2) is 4.98 Å². The second kappa shape index (κ2) is 7.92. The molecule has 0 unspecified atom stereocenters. The number of amides is 1. The van der Waals surface area contributed by atoms with Gasteiger partial charge in [0.1, 0.15) is 23.1 Å². The molecule has 1 fully saturated rings. The maximum atomic E-state index is 13.1. The summed E-state index contributed by atoms with van der Waals surface area (Å²) in [7, 11) is 0. The molecule has 1 aromatic carbocycles. The van der Waals surface area contributed by atoms with Gasteiger partial charge in [0.15, 0.2) is 0 Å². The molecule has 2 aromatic rings. The summed E-state index contributed by atoms with van der Waals surface area (Å²) in [6.45, 7) is 13.1. The van der Waals surface area contributed by atoms with Crippen LogP contribution in [-0.4, -0.2) is 40.6 Å². The summed E-state index contributed by atoms with van der Waals surface area (Å²) in [6, 6.07) is 9.89. The monoisotopic (exact) mass is 382 g/mol. The molecule has 28 heavy (non-hydrogen) atoms. The third kappa shape index (κ3) is 4.71. The van der Waals surface area contributed by atoms with Crippen molar-refractivity contribution < 1.29 is 14.3 Å². The second-order valence-corrected chi connectivity index (χ2v) is 8.58. The molecule has 0 aliphatic carbocycles. The third-order valence-electron chi connectivity index (χ3n) is 4.86.